The normalized spacial score (nSPS) is 11.9. The highest BCUT2D eigenvalue weighted by atomic mass is 16.1. The van der Waals surface area contributed by atoms with Crippen LogP contribution in [0.3, 0.4) is 0 Å². The molecular weight excluding hydrogens is 176 g/mol. The lowest BCUT2D eigenvalue weighted by molar-refractivity contribution is 1.05. The van der Waals surface area contributed by atoms with Crippen LogP contribution in [0.25, 0.3) is 12.2 Å². The molecule has 14 heavy (non-hydrogen) atoms. The molecule has 3 heteroatoms. The fourth-order valence-corrected chi connectivity index (χ4v) is 0.891. The van der Waals surface area contributed by atoms with Gasteiger partial charge in [-0.05, 0) is 13.0 Å². The number of rotatable bonds is 1. The van der Waals surface area contributed by atoms with Crippen LogP contribution in [0, 0.1) is 0 Å². The molecule has 1 N–H and O–H groups in total. The van der Waals surface area contributed by atoms with Gasteiger partial charge in [0.05, 0.1) is 16.9 Å². The quantitative estimate of drug-likeness (QED) is 0.706. The van der Waals surface area contributed by atoms with E-state index < -0.39 is 0 Å². The van der Waals surface area contributed by atoms with Crippen molar-refractivity contribution in [2.75, 3.05) is 0 Å². The SMILES string of the molecule is C=C/C=c1/ncc(=O)[nH]/c1=C/C.CC. The summed E-state index contributed by atoms with van der Waals surface area (Å²) in [6.45, 7) is 9.39. The van der Waals surface area contributed by atoms with Crippen molar-refractivity contribution < 1.29 is 0 Å². The van der Waals surface area contributed by atoms with Crippen molar-refractivity contribution in [3.8, 4) is 0 Å². The topological polar surface area (TPSA) is 45.8 Å². The predicted octanol–water partition coefficient (Wildman–Crippen LogP) is 0.563. The van der Waals surface area contributed by atoms with Gasteiger partial charge in [0.2, 0.25) is 0 Å². The standard InChI is InChI=1S/C9H10N2O.C2H6/c1-3-5-8-7(4-2)11-9(12)6-10-8;1-2/h3-6H,1H2,2H3,(H,11,12);1-2H3/b7-4+,8-5+;. The number of nitrogens with zero attached hydrogens (tertiary/aromatic N) is 1. The number of aromatic nitrogens is 2. The maximum absolute atomic E-state index is 10.8. The molecule has 0 saturated heterocycles. The molecule has 1 aromatic heterocycles. The summed E-state index contributed by atoms with van der Waals surface area (Å²) in [5.74, 6) is 0. The third kappa shape index (κ3) is 3.39. The lowest BCUT2D eigenvalue weighted by Gasteiger charge is -1.86. The van der Waals surface area contributed by atoms with Crippen LogP contribution >= 0.6 is 0 Å². The van der Waals surface area contributed by atoms with Gasteiger partial charge in [-0.3, -0.25) is 4.79 Å². The molecule has 0 fully saturated rings. The third-order valence-electron chi connectivity index (χ3n) is 1.42. The van der Waals surface area contributed by atoms with Crippen LogP contribution in [-0.2, 0) is 0 Å². The Kier molecular flexibility index (Phi) is 6.03. The highest BCUT2D eigenvalue weighted by Gasteiger charge is 1.84. The van der Waals surface area contributed by atoms with E-state index in [0.29, 0.717) is 0 Å². The fraction of sp³-hybridized carbons (Fsp3) is 0.273. The van der Waals surface area contributed by atoms with Crippen molar-refractivity contribution in [1.82, 2.24) is 9.97 Å². The van der Waals surface area contributed by atoms with Crippen molar-refractivity contribution in [1.29, 1.82) is 0 Å². The Morgan fingerprint density at radius 3 is 2.64 bits per heavy atom. The zero-order valence-electron chi connectivity index (χ0n) is 8.87. The largest absolute Gasteiger partial charge is 0.320 e. The van der Waals surface area contributed by atoms with E-state index in [1.165, 1.54) is 6.20 Å². The number of aromatic amines is 1. The van der Waals surface area contributed by atoms with E-state index in [2.05, 4.69) is 16.5 Å². The average molecular weight is 192 g/mol. The second-order valence-corrected chi connectivity index (χ2v) is 2.24. The van der Waals surface area contributed by atoms with Crippen LogP contribution in [-0.4, -0.2) is 9.97 Å². The van der Waals surface area contributed by atoms with Gasteiger partial charge in [-0.2, -0.15) is 0 Å². The van der Waals surface area contributed by atoms with Crippen LogP contribution in [0.15, 0.2) is 23.6 Å². The molecule has 0 bridgehead atoms. The Hall–Kier alpha value is -1.64. The summed E-state index contributed by atoms with van der Waals surface area (Å²) in [6.07, 6.45) is 6.42. The smallest absolute Gasteiger partial charge is 0.266 e. The molecule has 0 spiro atoms. The van der Waals surface area contributed by atoms with Crippen molar-refractivity contribution in [2.24, 2.45) is 0 Å². The van der Waals surface area contributed by atoms with Gasteiger partial charge < -0.3 is 4.98 Å². The first-order valence-corrected chi connectivity index (χ1v) is 4.62. The van der Waals surface area contributed by atoms with E-state index in [1.807, 2.05) is 20.8 Å². The van der Waals surface area contributed by atoms with Crippen LogP contribution in [0.2, 0.25) is 0 Å². The summed E-state index contributed by atoms with van der Waals surface area (Å²) >= 11 is 0. The maximum Gasteiger partial charge on any atom is 0.266 e. The second-order valence-electron chi connectivity index (χ2n) is 2.24. The summed E-state index contributed by atoms with van der Waals surface area (Å²) in [5, 5.41) is 1.45. The van der Waals surface area contributed by atoms with Gasteiger partial charge in [0.15, 0.2) is 0 Å². The van der Waals surface area contributed by atoms with Crippen LogP contribution < -0.4 is 16.3 Å². The van der Waals surface area contributed by atoms with Gasteiger partial charge in [0.25, 0.3) is 5.56 Å². The molecular formula is C11H16N2O. The van der Waals surface area contributed by atoms with Gasteiger partial charge in [0.1, 0.15) is 0 Å². The molecule has 1 heterocycles. The Morgan fingerprint density at radius 1 is 1.50 bits per heavy atom. The molecule has 0 aromatic carbocycles. The molecule has 76 valence electrons. The van der Waals surface area contributed by atoms with Crippen LogP contribution in [0.5, 0.6) is 0 Å². The van der Waals surface area contributed by atoms with E-state index in [4.69, 9.17) is 0 Å². The third-order valence-corrected chi connectivity index (χ3v) is 1.42. The van der Waals surface area contributed by atoms with Gasteiger partial charge in [-0.15, -0.1) is 0 Å². The van der Waals surface area contributed by atoms with Gasteiger partial charge in [-0.1, -0.05) is 32.6 Å². The van der Waals surface area contributed by atoms with Crippen molar-refractivity contribution in [2.45, 2.75) is 20.8 Å². The van der Waals surface area contributed by atoms with Gasteiger partial charge in [-0.25, -0.2) is 4.98 Å². The summed E-state index contributed by atoms with van der Waals surface area (Å²) in [4.78, 5) is 17.4. The maximum atomic E-state index is 10.8. The van der Waals surface area contributed by atoms with Gasteiger partial charge in [0, 0.05) is 0 Å². The van der Waals surface area contributed by atoms with E-state index >= 15 is 0 Å². The lowest BCUT2D eigenvalue weighted by atomic mass is 10.4. The van der Waals surface area contributed by atoms with E-state index in [1.54, 1.807) is 18.2 Å². The summed E-state index contributed by atoms with van der Waals surface area (Å²) in [7, 11) is 0. The molecule has 0 aliphatic rings. The first-order valence-electron chi connectivity index (χ1n) is 4.62. The summed E-state index contributed by atoms with van der Waals surface area (Å²) in [5.41, 5.74) is -0.190. The fourth-order valence-electron chi connectivity index (χ4n) is 0.891. The minimum absolute atomic E-state index is 0.190. The van der Waals surface area contributed by atoms with Crippen molar-refractivity contribution >= 4 is 12.2 Å². The molecule has 1 aromatic rings. The van der Waals surface area contributed by atoms with E-state index in [-0.39, 0.29) is 5.56 Å². The zero-order valence-corrected chi connectivity index (χ0v) is 8.87. The molecule has 0 aliphatic carbocycles. The number of nitrogens with one attached hydrogen (secondary N) is 1. The highest BCUT2D eigenvalue weighted by Crippen LogP contribution is 1.60. The number of hydrogen-bond acceptors (Lipinski definition) is 2. The van der Waals surface area contributed by atoms with Gasteiger partial charge >= 0.3 is 0 Å². The summed E-state index contributed by atoms with van der Waals surface area (Å²) in [6, 6.07) is 0. The Bertz CT molecular complexity index is 443. The molecule has 0 amide bonds. The Labute approximate surface area is 83.5 Å². The molecule has 3 nitrogen and oxygen atoms in total. The summed E-state index contributed by atoms with van der Waals surface area (Å²) < 4.78 is 0. The molecule has 1 rings (SSSR count). The van der Waals surface area contributed by atoms with E-state index in [9.17, 15) is 4.79 Å². The Balaban J connectivity index is 0.000000791. The lowest BCUT2D eigenvalue weighted by Crippen LogP contribution is -2.36. The molecule has 0 unspecified atom stereocenters. The monoisotopic (exact) mass is 192 g/mol. The average Bonchev–Trinajstić information content (AvgIpc) is 2.24. The van der Waals surface area contributed by atoms with Crippen LogP contribution in [0.4, 0.5) is 0 Å². The number of allylic oxidation sites excluding steroid dienone is 1. The second kappa shape index (κ2) is 6.83. The number of H-pyrrole nitrogens is 1. The van der Waals surface area contributed by atoms with Crippen molar-refractivity contribution in [3.63, 3.8) is 0 Å². The minimum atomic E-state index is -0.190. The van der Waals surface area contributed by atoms with E-state index in [0.717, 1.165) is 10.7 Å². The molecule has 0 radical (unpaired) electrons. The minimum Gasteiger partial charge on any atom is -0.320 e. The molecule has 0 aliphatic heterocycles. The Morgan fingerprint density at radius 2 is 2.14 bits per heavy atom. The predicted molar refractivity (Wildman–Crippen MR) is 60.3 cm³/mol. The van der Waals surface area contributed by atoms with Crippen LogP contribution in [0.1, 0.15) is 20.8 Å². The van der Waals surface area contributed by atoms with Crippen molar-refractivity contribution in [3.05, 3.63) is 39.9 Å². The first-order chi connectivity index (χ1) is 6.77. The number of hydrogen-bond donors (Lipinski definition) is 1. The zero-order chi connectivity index (χ0) is 11.0. The highest BCUT2D eigenvalue weighted by molar-refractivity contribution is 5.33. The molecule has 0 atom stereocenters. The molecule has 0 saturated carbocycles. The first kappa shape index (κ1) is 12.4.